The normalized spacial score (nSPS) is 12.7. The highest BCUT2D eigenvalue weighted by Gasteiger charge is 2.13. The Morgan fingerprint density at radius 2 is 2.36 bits per heavy atom. The summed E-state index contributed by atoms with van der Waals surface area (Å²) in [5.41, 5.74) is 5.25. The smallest absolute Gasteiger partial charge is 0.235 e. The second-order valence-corrected chi connectivity index (χ2v) is 4.13. The van der Waals surface area contributed by atoms with Crippen LogP contribution < -0.4 is 11.1 Å². The maximum atomic E-state index is 11.0. The second-order valence-electron chi connectivity index (χ2n) is 2.98. The fourth-order valence-corrected chi connectivity index (χ4v) is 1.87. The molecule has 0 aliphatic rings. The van der Waals surface area contributed by atoms with Crippen LogP contribution in [0.4, 0.5) is 0 Å². The lowest BCUT2D eigenvalue weighted by Crippen LogP contribution is -2.43. The van der Waals surface area contributed by atoms with Gasteiger partial charge in [-0.2, -0.15) is 11.8 Å². The molecule has 0 aliphatic carbocycles. The van der Waals surface area contributed by atoms with Gasteiger partial charge in [-0.15, -0.1) is 0 Å². The highest BCUT2D eigenvalue weighted by molar-refractivity contribution is 7.99. The molecule has 0 saturated heterocycles. The maximum Gasteiger partial charge on any atom is 0.235 e. The first kappa shape index (κ1) is 13.7. The van der Waals surface area contributed by atoms with E-state index in [1.54, 1.807) is 18.9 Å². The van der Waals surface area contributed by atoms with E-state index in [0.29, 0.717) is 6.61 Å². The summed E-state index contributed by atoms with van der Waals surface area (Å²) in [4.78, 5) is 11.0. The zero-order valence-corrected chi connectivity index (χ0v) is 9.73. The molecule has 5 heteroatoms. The Bertz CT molecular complexity index is 156. The Morgan fingerprint density at radius 3 is 2.86 bits per heavy atom. The van der Waals surface area contributed by atoms with Gasteiger partial charge in [-0.1, -0.05) is 6.92 Å². The maximum absolute atomic E-state index is 11.0. The largest absolute Gasteiger partial charge is 0.384 e. The van der Waals surface area contributed by atoms with Crippen LogP contribution in [0.2, 0.25) is 0 Å². The highest BCUT2D eigenvalue weighted by Crippen LogP contribution is 2.02. The number of hydrogen-bond donors (Lipinski definition) is 2. The van der Waals surface area contributed by atoms with Crippen molar-refractivity contribution >= 4 is 17.7 Å². The fourth-order valence-electron chi connectivity index (χ4n) is 0.904. The van der Waals surface area contributed by atoms with E-state index in [9.17, 15) is 4.79 Å². The number of amides is 1. The van der Waals surface area contributed by atoms with Crippen LogP contribution in [0.1, 0.15) is 13.3 Å². The van der Waals surface area contributed by atoms with Gasteiger partial charge in [-0.05, 0) is 13.0 Å². The molecule has 1 atom stereocenters. The summed E-state index contributed by atoms with van der Waals surface area (Å²) in [6.07, 6.45) is 1.01. The van der Waals surface area contributed by atoms with Crippen molar-refractivity contribution in [1.82, 2.24) is 5.32 Å². The lowest BCUT2D eigenvalue weighted by Gasteiger charge is -2.14. The van der Waals surface area contributed by atoms with Crippen LogP contribution in [0.5, 0.6) is 0 Å². The summed E-state index contributed by atoms with van der Waals surface area (Å²) in [6, 6.07) is -0.211. The quantitative estimate of drug-likeness (QED) is 0.546. The van der Waals surface area contributed by atoms with Crippen molar-refractivity contribution in [1.29, 1.82) is 0 Å². The Balaban J connectivity index is 3.57. The average molecular weight is 220 g/mol. The summed E-state index contributed by atoms with van der Waals surface area (Å²) in [5, 5.41) is 3.11. The third kappa shape index (κ3) is 7.17. The molecular formula is C9H20N2O2S. The minimum atomic E-state index is -0.275. The van der Waals surface area contributed by atoms with Crippen LogP contribution in [-0.4, -0.2) is 43.7 Å². The Hall–Kier alpha value is -0.260. The van der Waals surface area contributed by atoms with E-state index in [1.165, 1.54) is 0 Å². The lowest BCUT2D eigenvalue weighted by molar-refractivity contribution is -0.119. The van der Waals surface area contributed by atoms with Gasteiger partial charge in [-0.25, -0.2) is 0 Å². The molecule has 0 spiro atoms. The first-order valence-corrected chi connectivity index (χ1v) is 5.97. The molecule has 0 aliphatic heterocycles. The Morgan fingerprint density at radius 1 is 1.64 bits per heavy atom. The van der Waals surface area contributed by atoms with E-state index >= 15 is 0 Å². The molecule has 3 N–H and O–H groups in total. The third-order valence-electron chi connectivity index (χ3n) is 1.70. The molecule has 84 valence electrons. The zero-order chi connectivity index (χ0) is 10.8. The summed E-state index contributed by atoms with van der Waals surface area (Å²) in [5.74, 6) is 1.34. The van der Waals surface area contributed by atoms with Crippen molar-refractivity contribution in [3.8, 4) is 0 Å². The molecule has 0 fully saturated rings. The highest BCUT2D eigenvalue weighted by atomic mass is 32.2. The van der Waals surface area contributed by atoms with Crippen LogP contribution in [0.25, 0.3) is 0 Å². The van der Waals surface area contributed by atoms with E-state index in [-0.39, 0.29) is 11.9 Å². The number of methoxy groups -OCH3 is 1. The van der Waals surface area contributed by atoms with E-state index in [1.807, 2.05) is 0 Å². The molecule has 0 rings (SSSR count). The SMILES string of the molecule is CCCNC(CSCCOC)C(N)=O. The first-order chi connectivity index (χ1) is 6.72. The van der Waals surface area contributed by atoms with Crippen LogP contribution in [0.3, 0.4) is 0 Å². The Kier molecular flexibility index (Phi) is 9.13. The zero-order valence-electron chi connectivity index (χ0n) is 8.91. The van der Waals surface area contributed by atoms with Gasteiger partial charge < -0.3 is 15.8 Å². The molecule has 14 heavy (non-hydrogen) atoms. The van der Waals surface area contributed by atoms with Gasteiger partial charge in [0.25, 0.3) is 0 Å². The molecule has 0 saturated carbocycles. The number of carbonyl (C=O) groups excluding carboxylic acids is 1. The van der Waals surface area contributed by atoms with Crippen molar-refractivity contribution in [2.45, 2.75) is 19.4 Å². The van der Waals surface area contributed by atoms with Gasteiger partial charge >= 0.3 is 0 Å². The van der Waals surface area contributed by atoms with Crippen LogP contribution in [0, 0.1) is 0 Å². The molecular weight excluding hydrogens is 200 g/mol. The molecule has 0 aromatic carbocycles. The monoisotopic (exact) mass is 220 g/mol. The van der Waals surface area contributed by atoms with Crippen LogP contribution >= 0.6 is 11.8 Å². The van der Waals surface area contributed by atoms with Gasteiger partial charge in [0.05, 0.1) is 12.6 Å². The molecule has 1 amide bonds. The number of nitrogens with two attached hydrogens (primary N) is 1. The average Bonchev–Trinajstić information content (AvgIpc) is 2.16. The fraction of sp³-hybridized carbons (Fsp3) is 0.889. The number of primary amides is 1. The van der Waals surface area contributed by atoms with Crippen molar-refractivity contribution in [2.24, 2.45) is 5.73 Å². The lowest BCUT2D eigenvalue weighted by atomic mass is 10.3. The van der Waals surface area contributed by atoms with Crippen LogP contribution in [-0.2, 0) is 9.53 Å². The minimum Gasteiger partial charge on any atom is -0.384 e. The summed E-state index contributed by atoms with van der Waals surface area (Å²) < 4.78 is 4.91. The molecule has 4 nitrogen and oxygen atoms in total. The van der Waals surface area contributed by atoms with Crippen molar-refractivity contribution in [3.63, 3.8) is 0 Å². The van der Waals surface area contributed by atoms with Crippen molar-refractivity contribution < 1.29 is 9.53 Å². The standard InChI is InChI=1S/C9H20N2O2S/c1-3-4-11-8(9(10)12)7-14-6-5-13-2/h8,11H,3-7H2,1-2H3,(H2,10,12). The second kappa shape index (κ2) is 9.30. The van der Waals surface area contributed by atoms with Crippen molar-refractivity contribution in [3.05, 3.63) is 0 Å². The molecule has 0 radical (unpaired) electrons. The topological polar surface area (TPSA) is 64.3 Å². The third-order valence-corrected chi connectivity index (χ3v) is 2.72. The Labute approximate surface area is 89.9 Å². The summed E-state index contributed by atoms with van der Waals surface area (Å²) in [7, 11) is 1.67. The van der Waals surface area contributed by atoms with Gasteiger partial charge in [0, 0.05) is 18.6 Å². The summed E-state index contributed by atoms with van der Waals surface area (Å²) >= 11 is 1.68. The van der Waals surface area contributed by atoms with Gasteiger partial charge in [0.1, 0.15) is 0 Å². The number of nitrogens with one attached hydrogen (secondary N) is 1. The predicted octanol–water partition coefficient (Wildman–Crippen LogP) is 0.220. The molecule has 1 unspecified atom stereocenters. The van der Waals surface area contributed by atoms with E-state index < -0.39 is 0 Å². The number of rotatable bonds is 9. The van der Waals surface area contributed by atoms with Gasteiger partial charge in [0.2, 0.25) is 5.91 Å². The predicted molar refractivity (Wildman–Crippen MR) is 60.5 cm³/mol. The number of ether oxygens (including phenoxy) is 1. The van der Waals surface area contributed by atoms with E-state index in [0.717, 1.165) is 24.5 Å². The van der Waals surface area contributed by atoms with Crippen LogP contribution in [0.15, 0.2) is 0 Å². The number of hydrogen-bond acceptors (Lipinski definition) is 4. The molecule has 0 aromatic heterocycles. The first-order valence-electron chi connectivity index (χ1n) is 4.81. The summed E-state index contributed by atoms with van der Waals surface area (Å²) in [6.45, 7) is 3.60. The van der Waals surface area contributed by atoms with Crippen molar-refractivity contribution in [2.75, 3.05) is 31.8 Å². The van der Waals surface area contributed by atoms with E-state index in [2.05, 4.69) is 12.2 Å². The van der Waals surface area contributed by atoms with E-state index in [4.69, 9.17) is 10.5 Å². The number of carbonyl (C=O) groups is 1. The molecule has 0 aromatic rings. The molecule has 0 heterocycles. The minimum absolute atomic E-state index is 0.211. The van der Waals surface area contributed by atoms with Gasteiger partial charge in [0.15, 0.2) is 0 Å². The number of thioether (sulfide) groups is 1. The molecule has 0 bridgehead atoms. The van der Waals surface area contributed by atoms with Gasteiger partial charge in [-0.3, -0.25) is 4.79 Å².